The smallest absolute Gasteiger partial charge is 0.0406 e. The first-order valence-electron chi connectivity index (χ1n) is 20.0. The highest BCUT2D eigenvalue weighted by Gasteiger charge is 2.16. The minimum Gasteiger partial charge on any atom is -0.348 e. The highest BCUT2D eigenvalue weighted by atomic mass is 15.1. The van der Waals surface area contributed by atoms with Crippen molar-refractivity contribution in [1.82, 2.24) is 0 Å². The number of anilines is 1. The molecule has 2 unspecified atom stereocenters. The summed E-state index contributed by atoms with van der Waals surface area (Å²) >= 11 is 0. The second-order valence-electron chi connectivity index (χ2n) is 14.2. The molecule has 0 heterocycles. The molecule has 0 aliphatic heterocycles. The number of hydrogen-bond donors (Lipinski definition) is 0. The van der Waals surface area contributed by atoms with Crippen molar-refractivity contribution in [3.63, 3.8) is 0 Å². The van der Waals surface area contributed by atoms with Crippen LogP contribution in [0, 0.1) is 18.8 Å². The molecule has 0 radical (unpaired) electrons. The van der Waals surface area contributed by atoms with Crippen LogP contribution in [-0.4, -0.2) is 7.05 Å². The largest absolute Gasteiger partial charge is 0.348 e. The van der Waals surface area contributed by atoms with Crippen LogP contribution in [0.25, 0.3) is 22.3 Å². The topological polar surface area (TPSA) is 3.24 Å². The molecule has 0 bridgehead atoms. The van der Waals surface area contributed by atoms with Gasteiger partial charge in [-0.1, -0.05) is 170 Å². The fraction of sp³-hybridized carbons (Fsp3) is 0.373. The van der Waals surface area contributed by atoms with Gasteiger partial charge >= 0.3 is 0 Å². The minimum atomic E-state index is 0.527. The second kappa shape index (κ2) is 22.5. The zero-order valence-electron chi connectivity index (χ0n) is 34.0. The lowest BCUT2D eigenvalue weighted by molar-refractivity contribution is 0.391. The van der Waals surface area contributed by atoms with Crippen LogP contribution in [0.15, 0.2) is 145 Å². The molecule has 0 N–H and O–H groups in total. The number of allylic oxidation sites excluding steroid dienone is 13. The van der Waals surface area contributed by atoms with Gasteiger partial charge < -0.3 is 4.90 Å². The van der Waals surface area contributed by atoms with Crippen molar-refractivity contribution in [3.8, 4) is 11.1 Å². The molecule has 1 nitrogen and oxygen atoms in total. The van der Waals surface area contributed by atoms with Crippen molar-refractivity contribution in [1.29, 1.82) is 0 Å². The Kier molecular flexibility index (Phi) is 18.2. The Bertz CT molecular complexity index is 1720. The highest BCUT2D eigenvalue weighted by Crippen LogP contribution is 2.33. The van der Waals surface area contributed by atoms with E-state index in [4.69, 9.17) is 0 Å². The molecule has 0 saturated heterocycles. The van der Waals surface area contributed by atoms with Gasteiger partial charge in [0.15, 0.2) is 0 Å². The predicted octanol–water partition coefficient (Wildman–Crippen LogP) is 15.5. The molecule has 0 aromatic heterocycles. The van der Waals surface area contributed by atoms with Crippen LogP contribution in [0.3, 0.4) is 0 Å². The van der Waals surface area contributed by atoms with Gasteiger partial charge in [0.25, 0.3) is 0 Å². The van der Waals surface area contributed by atoms with E-state index in [0.29, 0.717) is 5.92 Å². The highest BCUT2D eigenvalue weighted by molar-refractivity contribution is 5.84. The van der Waals surface area contributed by atoms with Gasteiger partial charge in [0.05, 0.1) is 0 Å². The summed E-state index contributed by atoms with van der Waals surface area (Å²) in [6.45, 7) is 22.2. The predicted molar refractivity (Wildman–Crippen MR) is 235 cm³/mol. The standard InChI is InChI=1S/C51H67N/c1-11-18-21-41(13-3)29-25-39(8)26-30-43(15-5)44(16-6)38-50(48-24-20-23-47(37-48)42(14-4)22-19-12-2)51(17-7)52(10)49-35-33-46(34-36-49)45-31-27-40(9)28-32-45/h14-16,19-20,22-24,26-28,30-39,41H,6,11-13,17-18,21,25,29H2,1-5,7-10H3/b22-19-,30-26-,42-14+,43-15+,44-38+,51-50-. The van der Waals surface area contributed by atoms with Crippen LogP contribution in [0.2, 0.25) is 0 Å². The molecule has 0 fully saturated rings. The summed E-state index contributed by atoms with van der Waals surface area (Å²) in [4.78, 5) is 2.36. The third-order valence-electron chi connectivity index (χ3n) is 10.4. The zero-order valence-corrected chi connectivity index (χ0v) is 34.0. The summed E-state index contributed by atoms with van der Waals surface area (Å²) in [7, 11) is 2.20. The van der Waals surface area contributed by atoms with E-state index in [1.165, 1.54) is 94.4 Å². The number of rotatable bonds is 20. The van der Waals surface area contributed by atoms with Crippen molar-refractivity contribution >= 4 is 16.8 Å². The summed E-state index contributed by atoms with van der Waals surface area (Å²) in [5, 5.41) is 0. The first kappa shape index (κ1) is 42.1. The Labute approximate surface area is 319 Å². The van der Waals surface area contributed by atoms with Gasteiger partial charge in [-0.25, -0.2) is 0 Å². The molecule has 52 heavy (non-hydrogen) atoms. The molecule has 276 valence electrons. The van der Waals surface area contributed by atoms with E-state index in [1.807, 2.05) is 6.08 Å². The third-order valence-corrected chi connectivity index (χ3v) is 10.4. The monoisotopic (exact) mass is 694 g/mol. The first-order chi connectivity index (χ1) is 25.2. The van der Waals surface area contributed by atoms with Gasteiger partial charge in [-0.3, -0.25) is 0 Å². The number of hydrogen-bond acceptors (Lipinski definition) is 1. The maximum absolute atomic E-state index is 4.33. The van der Waals surface area contributed by atoms with Gasteiger partial charge in [-0.05, 0) is 122 Å². The van der Waals surface area contributed by atoms with Crippen LogP contribution < -0.4 is 4.90 Å². The van der Waals surface area contributed by atoms with Gasteiger partial charge in [0.2, 0.25) is 0 Å². The average Bonchev–Trinajstić information content (AvgIpc) is 3.18. The summed E-state index contributed by atoms with van der Waals surface area (Å²) < 4.78 is 0. The van der Waals surface area contributed by atoms with Crippen molar-refractivity contribution in [2.75, 3.05) is 11.9 Å². The van der Waals surface area contributed by atoms with Crippen molar-refractivity contribution in [2.45, 2.75) is 107 Å². The molecule has 3 aromatic rings. The van der Waals surface area contributed by atoms with Gasteiger partial charge in [0.1, 0.15) is 0 Å². The normalized spacial score (nSPS) is 14.5. The van der Waals surface area contributed by atoms with E-state index in [0.717, 1.165) is 24.3 Å². The number of aryl methyl sites for hydroxylation is 1. The van der Waals surface area contributed by atoms with Crippen LogP contribution in [0.5, 0.6) is 0 Å². The molecule has 2 atom stereocenters. The Morgan fingerprint density at radius 2 is 1.46 bits per heavy atom. The van der Waals surface area contributed by atoms with E-state index < -0.39 is 0 Å². The zero-order chi connectivity index (χ0) is 37.9. The fourth-order valence-corrected chi connectivity index (χ4v) is 6.87. The summed E-state index contributed by atoms with van der Waals surface area (Å²) in [5.41, 5.74) is 13.4. The van der Waals surface area contributed by atoms with E-state index in [9.17, 15) is 0 Å². The number of nitrogens with zero attached hydrogens (tertiary/aromatic N) is 1. The molecule has 0 saturated carbocycles. The van der Waals surface area contributed by atoms with Crippen molar-refractivity contribution in [3.05, 3.63) is 162 Å². The van der Waals surface area contributed by atoms with E-state index in [1.54, 1.807) is 0 Å². The minimum absolute atomic E-state index is 0.527. The van der Waals surface area contributed by atoms with Gasteiger partial charge in [0, 0.05) is 24.0 Å². The molecule has 1 heteroatoms. The van der Waals surface area contributed by atoms with E-state index in [-0.39, 0.29) is 0 Å². The molecular weight excluding hydrogens is 627 g/mol. The number of benzene rings is 3. The number of unbranched alkanes of at least 4 members (excludes halogenated alkanes) is 1. The summed E-state index contributed by atoms with van der Waals surface area (Å²) in [6.07, 6.45) is 27.7. The molecule has 0 spiro atoms. The van der Waals surface area contributed by atoms with E-state index in [2.05, 4.69) is 189 Å². The van der Waals surface area contributed by atoms with Crippen LogP contribution in [-0.2, 0) is 0 Å². The average molecular weight is 694 g/mol. The van der Waals surface area contributed by atoms with Crippen molar-refractivity contribution in [2.24, 2.45) is 11.8 Å². The van der Waals surface area contributed by atoms with Crippen LogP contribution in [0.1, 0.15) is 117 Å². The van der Waals surface area contributed by atoms with Crippen LogP contribution >= 0.6 is 0 Å². The maximum Gasteiger partial charge on any atom is 0.0406 e. The summed E-state index contributed by atoms with van der Waals surface area (Å²) in [6, 6.07) is 26.8. The lowest BCUT2D eigenvalue weighted by atomic mass is 9.90. The molecule has 0 aliphatic carbocycles. The Hall–Kier alpha value is -4.36. The molecule has 3 aromatic carbocycles. The van der Waals surface area contributed by atoms with Gasteiger partial charge in [-0.2, -0.15) is 0 Å². The van der Waals surface area contributed by atoms with Gasteiger partial charge in [-0.15, -0.1) is 0 Å². The lowest BCUT2D eigenvalue weighted by Crippen LogP contribution is -2.17. The molecule has 3 rings (SSSR count). The quantitative estimate of drug-likeness (QED) is 0.106. The fourth-order valence-electron chi connectivity index (χ4n) is 6.87. The van der Waals surface area contributed by atoms with E-state index >= 15 is 0 Å². The first-order valence-corrected chi connectivity index (χ1v) is 20.0. The molecule has 0 aliphatic rings. The maximum atomic E-state index is 4.33. The Morgan fingerprint density at radius 1 is 0.788 bits per heavy atom. The molecular formula is C51H67N. The van der Waals surface area contributed by atoms with Crippen LogP contribution in [0.4, 0.5) is 5.69 Å². The third kappa shape index (κ3) is 12.4. The second-order valence-corrected chi connectivity index (χ2v) is 14.2. The summed E-state index contributed by atoms with van der Waals surface area (Å²) in [5.74, 6) is 1.37. The molecule has 0 amide bonds. The SMILES string of the molecule is C=CC(=C\C(=C(/CC)N(C)c1ccc(-c2ccc(C)cc2)cc1)c1cccc(C(/C=C\CC)=C/C)c1)/C(/C=C\C(C)CCC(CC)CCCC)=C/C. The Balaban J connectivity index is 2.10. The van der Waals surface area contributed by atoms with Crippen molar-refractivity contribution < 1.29 is 0 Å². The Morgan fingerprint density at radius 3 is 2.04 bits per heavy atom. The lowest BCUT2D eigenvalue weighted by Gasteiger charge is -2.26.